The van der Waals surface area contributed by atoms with Crippen LogP contribution >= 0.6 is 0 Å². The zero-order valence-corrected chi connectivity index (χ0v) is 18.6. The van der Waals surface area contributed by atoms with E-state index in [0.29, 0.717) is 29.4 Å². The summed E-state index contributed by atoms with van der Waals surface area (Å²) in [5.41, 5.74) is 0.375. The average molecular weight is 493 g/mol. The fraction of sp³-hybridized carbons (Fsp3) is 0.105. The Hall–Kier alpha value is -3.59. The molecule has 0 unspecified atom stereocenters. The molecule has 174 valence electrons. The Morgan fingerprint density at radius 2 is 1.64 bits per heavy atom. The summed E-state index contributed by atoms with van der Waals surface area (Å²) in [6, 6.07) is 6.44. The smallest absolute Gasteiger partial charge is 0.221 e. The highest BCUT2D eigenvalue weighted by Crippen LogP contribution is 2.45. The first-order valence-electron chi connectivity index (χ1n) is 8.93. The Morgan fingerprint density at radius 3 is 2.18 bits per heavy atom. The summed E-state index contributed by atoms with van der Waals surface area (Å²) in [5.74, 6) is -2.13. The number of azo groups is 1. The first-order valence-corrected chi connectivity index (χ1v) is 11.7. The van der Waals surface area contributed by atoms with Crippen LogP contribution in [-0.2, 0) is 25.0 Å². The van der Waals surface area contributed by atoms with Gasteiger partial charge in [-0.1, -0.05) is 0 Å². The van der Waals surface area contributed by atoms with Crippen LogP contribution in [0.1, 0.15) is 12.5 Å². The Bertz CT molecular complexity index is 1550. The maximum Gasteiger partial charge on any atom is 0.221 e. The lowest BCUT2D eigenvalue weighted by molar-refractivity contribution is -0.114. The lowest BCUT2D eigenvalue weighted by Gasteiger charge is -2.16. The number of phenolic OH excluding ortho intramolecular Hbond substituents is 2. The SMILES string of the molecule is CC(=O)Nc1ccc(N=Nc2c(S(=O)(=O)[O-])cc3cc(S(=O)(=O)[O-])cc(O)c3c2O)c(C)c1. The summed E-state index contributed by atoms with van der Waals surface area (Å²) in [6.45, 7) is 2.93. The molecular weight excluding hydrogens is 478 g/mol. The van der Waals surface area contributed by atoms with Crippen molar-refractivity contribution in [2.75, 3.05) is 5.32 Å². The second kappa shape index (κ2) is 8.40. The summed E-state index contributed by atoms with van der Waals surface area (Å²) in [7, 11) is -10.3. The third kappa shape index (κ3) is 5.09. The lowest BCUT2D eigenvalue weighted by atomic mass is 10.1. The van der Waals surface area contributed by atoms with E-state index in [2.05, 4.69) is 15.5 Å². The molecule has 12 nitrogen and oxygen atoms in total. The van der Waals surface area contributed by atoms with Crippen molar-refractivity contribution < 1.29 is 40.9 Å². The van der Waals surface area contributed by atoms with E-state index < -0.39 is 58.0 Å². The Morgan fingerprint density at radius 1 is 0.970 bits per heavy atom. The van der Waals surface area contributed by atoms with Gasteiger partial charge in [0.2, 0.25) is 5.91 Å². The Labute approximate surface area is 187 Å². The normalized spacial score (nSPS) is 12.4. The van der Waals surface area contributed by atoms with Crippen molar-refractivity contribution in [3.63, 3.8) is 0 Å². The lowest BCUT2D eigenvalue weighted by Crippen LogP contribution is -2.05. The number of nitrogens with zero attached hydrogens (tertiary/aromatic N) is 2. The number of anilines is 1. The summed E-state index contributed by atoms with van der Waals surface area (Å²) in [6.07, 6.45) is 0. The highest BCUT2D eigenvalue weighted by molar-refractivity contribution is 7.86. The Kier molecular flexibility index (Phi) is 6.12. The van der Waals surface area contributed by atoms with E-state index in [4.69, 9.17) is 0 Å². The van der Waals surface area contributed by atoms with Gasteiger partial charge in [-0.2, -0.15) is 5.11 Å². The van der Waals surface area contributed by atoms with Crippen LogP contribution in [0.15, 0.2) is 56.4 Å². The number of nitrogens with one attached hydrogen (secondary N) is 1. The Balaban J connectivity index is 2.23. The van der Waals surface area contributed by atoms with Gasteiger partial charge in [-0.25, -0.2) is 16.8 Å². The van der Waals surface area contributed by atoms with E-state index in [1.54, 1.807) is 13.0 Å². The third-order valence-electron chi connectivity index (χ3n) is 4.44. The van der Waals surface area contributed by atoms with Gasteiger partial charge in [0.15, 0.2) is 5.75 Å². The van der Waals surface area contributed by atoms with E-state index in [9.17, 15) is 40.9 Å². The number of hydrogen-bond acceptors (Lipinski definition) is 11. The molecule has 0 aliphatic heterocycles. The quantitative estimate of drug-likeness (QED) is 0.352. The first kappa shape index (κ1) is 24.1. The summed E-state index contributed by atoms with van der Waals surface area (Å²) < 4.78 is 69.2. The maximum atomic E-state index is 11.8. The van der Waals surface area contributed by atoms with Gasteiger partial charge >= 0.3 is 0 Å². The van der Waals surface area contributed by atoms with Crippen molar-refractivity contribution in [1.29, 1.82) is 0 Å². The van der Waals surface area contributed by atoms with E-state index >= 15 is 0 Å². The maximum absolute atomic E-state index is 11.8. The number of carbonyl (C=O) groups excluding carboxylic acids is 1. The van der Waals surface area contributed by atoms with Gasteiger partial charge in [0, 0.05) is 12.6 Å². The van der Waals surface area contributed by atoms with Crippen molar-refractivity contribution in [1.82, 2.24) is 0 Å². The summed E-state index contributed by atoms with van der Waals surface area (Å²) >= 11 is 0. The molecule has 3 N–H and O–H groups in total. The number of phenols is 2. The van der Waals surface area contributed by atoms with Crippen LogP contribution in [0.4, 0.5) is 17.1 Å². The number of rotatable bonds is 5. The van der Waals surface area contributed by atoms with E-state index in [0.717, 1.165) is 0 Å². The van der Waals surface area contributed by atoms with Gasteiger partial charge in [-0.05, 0) is 54.3 Å². The molecule has 0 spiro atoms. The number of benzene rings is 3. The fourth-order valence-electron chi connectivity index (χ4n) is 3.02. The molecule has 33 heavy (non-hydrogen) atoms. The molecule has 3 rings (SSSR count). The first-order chi connectivity index (χ1) is 15.2. The van der Waals surface area contributed by atoms with Gasteiger partial charge < -0.3 is 24.6 Å². The van der Waals surface area contributed by atoms with E-state index in [1.165, 1.54) is 19.1 Å². The zero-order valence-electron chi connectivity index (χ0n) is 16.9. The van der Waals surface area contributed by atoms with Crippen molar-refractivity contribution in [2.24, 2.45) is 10.2 Å². The minimum Gasteiger partial charge on any atom is -0.744 e. The van der Waals surface area contributed by atoms with Crippen LogP contribution in [0, 0.1) is 6.92 Å². The molecule has 0 saturated carbocycles. The molecule has 1 amide bonds. The highest BCUT2D eigenvalue weighted by atomic mass is 32.2. The monoisotopic (exact) mass is 493 g/mol. The van der Waals surface area contributed by atoms with Crippen LogP contribution in [0.3, 0.4) is 0 Å². The van der Waals surface area contributed by atoms with Crippen LogP contribution in [-0.4, -0.2) is 42.1 Å². The van der Waals surface area contributed by atoms with Crippen molar-refractivity contribution in [3.05, 3.63) is 42.0 Å². The summed E-state index contributed by atoms with van der Waals surface area (Å²) in [5, 5.41) is 30.0. The molecule has 0 aliphatic carbocycles. The van der Waals surface area contributed by atoms with Gasteiger partial charge in [0.25, 0.3) is 0 Å². The van der Waals surface area contributed by atoms with Crippen LogP contribution in [0.2, 0.25) is 0 Å². The van der Waals surface area contributed by atoms with Crippen molar-refractivity contribution >= 4 is 54.0 Å². The minimum atomic E-state index is -5.26. The van der Waals surface area contributed by atoms with Crippen LogP contribution < -0.4 is 5.32 Å². The molecule has 0 bridgehead atoms. The minimum absolute atomic E-state index is 0.204. The summed E-state index contributed by atoms with van der Waals surface area (Å²) in [4.78, 5) is 9.21. The molecule has 0 atom stereocenters. The fourth-order valence-corrected chi connectivity index (χ4v) is 4.20. The van der Waals surface area contributed by atoms with Gasteiger partial charge in [-0.15, -0.1) is 5.11 Å². The molecule has 3 aromatic rings. The van der Waals surface area contributed by atoms with E-state index in [-0.39, 0.29) is 11.6 Å². The topological polar surface area (TPSA) is 209 Å². The molecule has 0 heterocycles. The zero-order chi connectivity index (χ0) is 24.7. The number of aromatic hydroxyl groups is 2. The average Bonchev–Trinajstić information content (AvgIpc) is 2.65. The van der Waals surface area contributed by atoms with E-state index in [1.807, 2.05) is 0 Å². The molecular formula is C19H15N3O9S2-2. The predicted molar refractivity (Wildman–Crippen MR) is 113 cm³/mol. The molecule has 0 saturated heterocycles. The van der Waals surface area contributed by atoms with Gasteiger partial charge in [0.05, 0.1) is 20.9 Å². The predicted octanol–water partition coefficient (Wildman–Crippen LogP) is 2.74. The second-order valence-electron chi connectivity index (χ2n) is 6.90. The number of amides is 1. The number of aryl methyl sites for hydroxylation is 1. The van der Waals surface area contributed by atoms with Crippen LogP contribution in [0.5, 0.6) is 11.5 Å². The van der Waals surface area contributed by atoms with Crippen LogP contribution in [0.25, 0.3) is 10.8 Å². The molecule has 0 radical (unpaired) electrons. The number of carbonyl (C=O) groups is 1. The molecule has 3 aromatic carbocycles. The molecule has 0 fully saturated rings. The molecule has 0 aliphatic rings. The highest BCUT2D eigenvalue weighted by Gasteiger charge is 2.21. The van der Waals surface area contributed by atoms with Crippen molar-refractivity contribution in [2.45, 2.75) is 23.6 Å². The molecule has 0 aromatic heterocycles. The number of fused-ring (bicyclic) bond motifs is 1. The van der Waals surface area contributed by atoms with Gasteiger partial charge in [-0.3, -0.25) is 4.79 Å². The van der Waals surface area contributed by atoms with Crippen molar-refractivity contribution in [3.8, 4) is 11.5 Å². The standard InChI is InChI=1S/C19H17N3O9S2/c1-9-5-12(20-10(2)23)3-4-14(9)21-22-18-16(33(29,30)31)7-11-6-13(32(26,27)28)8-15(24)17(11)19(18)25/h3-8,24-25H,1-2H3,(H,20,23)(H,26,27,28)(H,29,30,31)/p-2. The molecule has 14 heteroatoms. The third-order valence-corrected chi connectivity index (χ3v) is 6.10. The second-order valence-corrected chi connectivity index (χ2v) is 9.63. The largest absolute Gasteiger partial charge is 0.744 e. The number of hydrogen-bond donors (Lipinski definition) is 3. The van der Waals surface area contributed by atoms with Gasteiger partial charge in [0.1, 0.15) is 31.7 Å².